The minimum Gasteiger partial charge on any atom is -0.356 e. The first kappa shape index (κ1) is 31.0. The molecule has 2 fully saturated rings. The molecule has 1 aromatic heterocycles. The van der Waals surface area contributed by atoms with Crippen LogP contribution in [0, 0.1) is 11.8 Å². The van der Waals surface area contributed by atoms with Crippen LogP contribution >= 0.6 is 0 Å². The van der Waals surface area contributed by atoms with Gasteiger partial charge in [0.1, 0.15) is 11.7 Å². The van der Waals surface area contributed by atoms with Crippen molar-refractivity contribution in [1.29, 1.82) is 0 Å². The molecule has 3 aromatic rings. The maximum Gasteiger partial charge on any atom is 0.289 e. The van der Waals surface area contributed by atoms with Crippen molar-refractivity contribution in [2.75, 3.05) is 6.54 Å². The van der Waals surface area contributed by atoms with Gasteiger partial charge in [-0.15, -0.1) is 0 Å². The number of hydrogen-bond donors (Lipinski definition) is 5. The molecule has 232 valence electrons. The van der Waals surface area contributed by atoms with Gasteiger partial charge in [-0.3, -0.25) is 24.0 Å². The van der Waals surface area contributed by atoms with Crippen molar-refractivity contribution in [3.05, 3.63) is 71.9 Å². The highest BCUT2D eigenvalue weighted by atomic mass is 16.2. The number of hydrogen-bond acceptors (Lipinski definition) is 5. The predicted molar refractivity (Wildman–Crippen MR) is 166 cm³/mol. The van der Waals surface area contributed by atoms with Crippen molar-refractivity contribution < 1.29 is 24.0 Å². The molecule has 0 spiro atoms. The second kappa shape index (κ2) is 14.8. The van der Waals surface area contributed by atoms with E-state index in [9.17, 15) is 24.0 Å². The highest BCUT2D eigenvalue weighted by molar-refractivity contribution is 6.38. The Morgan fingerprint density at radius 3 is 2.32 bits per heavy atom. The Hall–Kier alpha value is -4.47. The number of fused-ring (bicyclic) bond motifs is 1. The number of amides is 4. The lowest BCUT2D eigenvalue weighted by Gasteiger charge is -2.29. The molecule has 1 aliphatic heterocycles. The van der Waals surface area contributed by atoms with E-state index >= 15 is 0 Å². The zero-order chi connectivity index (χ0) is 30.9. The summed E-state index contributed by atoms with van der Waals surface area (Å²) in [4.78, 5) is 69.4. The highest BCUT2D eigenvalue weighted by Crippen LogP contribution is 2.28. The van der Waals surface area contributed by atoms with Crippen molar-refractivity contribution in [2.45, 2.75) is 76.4 Å². The van der Waals surface area contributed by atoms with E-state index in [2.05, 4.69) is 26.3 Å². The van der Waals surface area contributed by atoms with Crippen molar-refractivity contribution in [3.8, 4) is 0 Å². The fourth-order valence-electron chi connectivity index (χ4n) is 6.29. The van der Waals surface area contributed by atoms with Gasteiger partial charge in [0.25, 0.3) is 11.8 Å². The summed E-state index contributed by atoms with van der Waals surface area (Å²) in [7, 11) is 0. The summed E-state index contributed by atoms with van der Waals surface area (Å²) in [6.45, 7) is 0.710. The van der Waals surface area contributed by atoms with Gasteiger partial charge in [-0.05, 0) is 49.3 Å². The molecule has 2 aromatic carbocycles. The normalized spacial score (nSPS) is 18.5. The van der Waals surface area contributed by atoms with E-state index in [0.29, 0.717) is 25.1 Å². The molecule has 0 bridgehead atoms. The summed E-state index contributed by atoms with van der Waals surface area (Å²) in [6, 6.07) is 16.3. The van der Waals surface area contributed by atoms with Crippen LogP contribution in [-0.2, 0) is 25.7 Å². The van der Waals surface area contributed by atoms with Crippen molar-refractivity contribution in [1.82, 2.24) is 26.3 Å². The fourth-order valence-corrected chi connectivity index (χ4v) is 6.29. The van der Waals surface area contributed by atoms with Gasteiger partial charge in [0.05, 0.1) is 6.04 Å². The monoisotopic (exact) mass is 599 g/mol. The lowest BCUT2D eigenvalue weighted by molar-refractivity contribution is -0.141. The van der Waals surface area contributed by atoms with Gasteiger partial charge < -0.3 is 26.3 Å². The van der Waals surface area contributed by atoms with Gasteiger partial charge in [0, 0.05) is 29.9 Å². The van der Waals surface area contributed by atoms with Gasteiger partial charge >= 0.3 is 0 Å². The summed E-state index contributed by atoms with van der Waals surface area (Å²) in [5.41, 5.74) is 1.97. The first-order chi connectivity index (χ1) is 21.4. The van der Waals surface area contributed by atoms with Crippen LogP contribution in [0.1, 0.15) is 73.8 Å². The number of piperidine rings is 1. The summed E-state index contributed by atoms with van der Waals surface area (Å²) in [6.07, 6.45) is 6.91. The number of H-pyrrole nitrogens is 1. The van der Waals surface area contributed by atoms with Gasteiger partial charge in [-0.25, -0.2) is 0 Å². The van der Waals surface area contributed by atoms with E-state index in [-0.39, 0.29) is 24.8 Å². The third-order valence-electron chi connectivity index (χ3n) is 8.76. The summed E-state index contributed by atoms with van der Waals surface area (Å²) in [5.74, 6) is -3.07. The van der Waals surface area contributed by atoms with Crippen LogP contribution in [-0.4, -0.2) is 53.0 Å². The molecule has 5 N–H and O–H groups in total. The number of rotatable bonds is 12. The maximum atomic E-state index is 13.9. The predicted octanol–water partition coefficient (Wildman–Crippen LogP) is 3.52. The molecule has 1 saturated carbocycles. The lowest BCUT2D eigenvalue weighted by Crippen LogP contribution is -2.55. The standard InChI is InChI=1S/C34H41N5O5/c40-30(34(44)36-21-23-12-5-2-6-13-23)27(20-25-15-9-17-35-31(25)41)38-32(42)28(18-22-10-3-1-4-11-22)39-33(43)29-19-24-14-7-8-16-26(24)37-29/h2,5-8,12-14,16,19,22,25,27-28,37H,1,3-4,9-11,15,17-18,20-21H2,(H,35,41)(H,36,44)(H,38,42)(H,39,43)/t25-,27-,28-/m0/s1. The molecule has 1 aliphatic carbocycles. The molecule has 0 radical (unpaired) electrons. The van der Waals surface area contributed by atoms with Gasteiger partial charge in [-0.2, -0.15) is 0 Å². The van der Waals surface area contributed by atoms with Crippen LogP contribution in [0.2, 0.25) is 0 Å². The number of nitrogens with one attached hydrogen (secondary N) is 5. The first-order valence-corrected chi connectivity index (χ1v) is 15.7. The average Bonchev–Trinajstić information content (AvgIpc) is 3.49. The number of carbonyl (C=O) groups excluding carboxylic acids is 5. The molecule has 4 amide bonds. The SMILES string of the molecule is O=C(NCc1ccccc1)C(=O)[C@H](C[C@@H]1CCCNC1=O)NC(=O)[C@H](CC1CCCCC1)NC(=O)c1cc2ccccc2[nH]1. The number of para-hydroxylation sites is 1. The Morgan fingerprint density at radius 2 is 1.57 bits per heavy atom. The molecule has 5 rings (SSSR count). The molecule has 1 saturated heterocycles. The van der Waals surface area contributed by atoms with E-state index in [1.54, 1.807) is 6.07 Å². The van der Waals surface area contributed by atoms with Gasteiger partial charge in [0.15, 0.2) is 0 Å². The lowest BCUT2D eigenvalue weighted by atomic mass is 9.84. The number of carbonyl (C=O) groups is 5. The largest absolute Gasteiger partial charge is 0.356 e. The van der Waals surface area contributed by atoms with Crippen LogP contribution in [0.5, 0.6) is 0 Å². The quantitative estimate of drug-likeness (QED) is 0.202. The first-order valence-electron chi connectivity index (χ1n) is 15.7. The van der Waals surface area contributed by atoms with Crippen molar-refractivity contribution in [2.24, 2.45) is 11.8 Å². The minimum atomic E-state index is -1.22. The smallest absolute Gasteiger partial charge is 0.289 e. The number of Topliss-reactive ketones (excluding diaryl/α,β-unsaturated/α-hetero) is 1. The van der Waals surface area contributed by atoms with E-state index in [4.69, 9.17) is 0 Å². The Morgan fingerprint density at radius 1 is 0.818 bits per heavy atom. The average molecular weight is 600 g/mol. The van der Waals surface area contributed by atoms with E-state index in [0.717, 1.165) is 55.0 Å². The third kappa shape index (κ3) is 8.12. The van der Waals surface area contributed by atoms with Crippen LogP contribution in [0.15, 0.2) is 60.7 Å². The molecule has 44 heavy (non-hydrogen) atoms. The van der Waals surface area contributed by atoms with Gasteiger partial charge in [-0.1, -0.05) is 80.6 Å². The maximum absolute atomic E-state index is 13.9. The molecular formula is C34H41N5O5. The zero-order valence-corrected chi connectivity index (χ0v) is 24.9. The van der Waals surface area contributed by atoms with Crippen LogP contribution in [0.25, 0.3) is 10.9 Å². The number of benzene rings is 2. The molecule has 10 heteroatoms. The summed E-state index contributed by atoms with van der Waals surface area (Å²) < 4.78 is 0. The molecule has 0 unspecified atom stereocenters. The van der Waals surface area contributed by atoms with Crippen LogP contribution in [0.4, 0.5) is 0 Å². The zero-order valence-electron chi connectivity index (χ0n) is 24.9. The van der Waals surface area contributed by atoms with Crippen LogP contribution < -0.4 is 21.3 Å². The number of aromatic amines is 1. The second-order valence-electron chi connectivity index (χ2n) is 12.0. The summed E-state index contributed by atoms with van der Waals surface area (Å²) in [5, 5.41) is 12.0. The number of ketones is 1. The number of aromatic nitrogens is 1. The molecular weight excluding hydrogens is 558 g/mol. The second-order valence-corrected chi connectivity index (χ2v) is 12.0. The van der Waals surface area contributed by atoms with E-state index in [1.807, 2.05) is 54.6 Å². The molecule has 2 aliphatic rings. The highest BCUT2D eigenvalue weighted by Gasteiger charge is 2.35. The Balaban J connectivity index is 1.33. The molecule has 2 heterocycles. The minimum absolute atomic E-state index is 0.00127. The summed E-state index contributed by atoms with van der Waals surface area (Å²) >= 11 is 0. The Kier molecular flexibility index (Phi) is 10.4. The van der Waals surface area contributed by atoms with E-state index < -0.39 is 41.5 Å². The van der Waals surface area contributed by atoms with Crippen molar-refractivity contribution >= 4 is 40.3 Å². The van der Waals surface area contributed by atoms with E-state index in [1.165, 1.54) is 0 Å². The Labute approximate surface area is 257 Å². The van der Waals surface area contributed by atoms with Gasteiger partial charge in [0.2, 0.25) is 17.6 Å². The Bertz CT molecular complexity index is 1450. The molecule has 10 nitrogen and oxygen atoms in total. The van der Waals surface area contributed by atoms with Crippen molar-refractivity contribution in [3.63, 3.8) is 0 Å². The van der Waals surface area contributed by atoms with Crippen LogP contribution in [0.3, 0.4) is 0 Å². The topological polar surface area (TPSA) is 149 Å². The fraction of sp³-hybridized carbons (Fsp3) is 0.441. The molecule has 3 atom stereocenters. The third-order valence-corrected chi connectivity index (χ3v) is 8.76.